The maximum Gasteiger partial charge on any atom is 0.261 e. The van der Waals surface area contributed by atoms with Crippen LogP contribution in [0.4, 0.5) is 0 Å². The van der Waals surface area contributed by atoms with Gasteiger partial charge in [0.1, 0.15) is 5.75 Å². The zero-order chi connectivity index (χ0) is 13.2. The quantitative estimate of drug-likeness (QED) is 0.838. The molecule has 0 aliphatic carbocycles. The lowest BCUT2D eigenvalue weighted by Crippen LogP contribution is -2.44. The molecule has 1 aromatic rings. The molecule has 2 rings (SSSR count). The Morgan fingerprint density at radius 3 is 2.89 bits per heavy atom. The highest BCUT2D eigenvalue weighted by molar-refractivity contribution is 5.82. The number of carbonyl (C=O) groups excluding carboxylic acids is 1. The van der Waals surface area contributed by atoms with Crippen molar-refractivity contribution in [3.05, 3.63) is 29.8 Å². The zero-order valence-electron chi connectivity index (χ0n) is 10.9. The van der Waals surface area contributed by atoms with Crippen molar-refractivity contribution in [3.8, 4) is 5.75 Å². The van der Waals surface area contributed by atoms with Gasteiger partial charge in [-0.05, 0) is 23.6 Å². The number of nitrogens with one attached hydrogen (secondary N) is 1. The molecule has 4 nitrogen and oxygen atoms in total. The van der Waals surface area contributed by atoms with Crippen molar-refractivity contribution in [2.75, 3.05) is 13.1 Å². The van der Waals surface area contributed by atoms with Crippen LogP contribution in [-0.4, -0.2) is 25.1 Å². The van der Waals surface area contributed by atoms with Gasteiger partial charge in [0.2, 0.25) is 0 Å². The van der Waals surface area contributed by atoms with Crippen molar-refractivity contribution >= 4 is 5.91 Å². The van der Waals surface area contributed by atoms with Crippen LogP contribution < -0.4 is 15.8 Å². The molecule has 1 heterocycles. The molecule has 3 N–H and O–H groups in total. The molecular weight excluding hydrogens is 228 g/mol. The third-order valence-corrected chi connectivity index (χ3v) is 3.23. The minimum absolute atomic E-state index is 0.0623. The summed E-state index contributed by atoms with van der Waals surface area (Å²) in [5.74, 6) is 0.753. The first-order chi connectivity index (χ1) is 8.52. The van der Waals surface area contributed by atoms with Crippen LogP contribution in [0.25, 0.3) is 0 Å². The van der Waals surface area contributed by atoms with Crippen molar-refractivity contribution in [1.82, 2.24) is 5.32 Å². The smallest absolute Gasteiger partial charge is 0.261 e. The van der Waals surface area contributed by atoms with Crippen molar-refractivity contribution in [2.24, 2.45) is 11.1 Å². The number of nitrogens with two attached hydrogens (primary N) is 1. The van der Waals surface area contributed by atoms with Gasteiger partial charge < -0.3 is 15.8 Å². The Hall–Kier alpha value is -1.55. The number of hydrogen-bond donors (Lipinski definition) is 2. The Morgan fingerprint density at radius 1 is 1.50 bits per heavy atom. The van der Waals surface area contributed by atoms with E-state index in [-0.39, 0.29) is 11.3 Å². The fourth-order valence-electron chi connectivity index (χ4n) is 1.84. The Morgan fingerprint density at radius 2 is 2.22 bits per heavy atom. The van der Waals surface area contributed by atoms with Crippen LogP contribution in [0.2, 0.25) is 0 Å². The summed E-state index contributed by atoms with van der Waals surface area (Å²) < 4.78 is 5.62. The SMILES string of the molecule is CC(C)(CN)CNC(=O)C1Cc2ccccc2O1. The highest BCUT2D eigenvalue weighted by Crippen LogP contribution is 2.28. The Bertz CT molecular complexity index is 418. The van der Waals surface area contributed by atoms with Crippen molar-refractivity contribution in [3.63, 3.8) is 0 Å². The summed E-state index contributed by atoms with van der Waals surface area (Å²) in [4.78, 5) is 12.0. The number of benzene rings is 1. The Balaban J connectivity index is 1.90. The maximum absolute atomic E-state index is 12.0. The first-order valence-electron chi connectivity index (χ1n) is 6.24. The molecule has 98 valence electrons. The second-order valence-electron chi connectivity index (χ2n) is 5.50. The number of amides is 1. The second kappa shape index (κ2) is 4.98. The minimum atomic E-state index is -0.407. The second-order valence-corrected chi connectivity index (χ2v) is 5.50. The van der Waals surface area contributed by atoms with E-state index < -0.39 is 6.10 Å². The first-order valence-corrected chi connectivity index (χ1v) is 6.24. The first kappa shape index (κ1) is 12.9. The van der Waals surface area contributed by atoms with Gasteiger partial charge in [0, 0.05) is 13.0 Å². The molecule has 0 radical (unpaired) electrons. The van der Waals surface area contributed by atoms with Crippen molar-refractivity contribution in [2.45, 2.75) is 26.4 Å². The molecule has 1 amide bonds. The van der Waals surface area contributed by atoms with Gasteiger partial charge in [-0.15, -0.1) is 0 Å². The van der Waals surface area contributed by atoms with Gasteiger partial charge in [0.15, 0.2) is 6.10 Å². The lowest BCUT2D eigenvalue weighted by molar-refractivity contribution is -0.127. The maximum atomic E-state index is 12.0. The summed E-state index contributed by atoms with van der Waals surface area (Å²) in [6.45, 7) is 5.16. The van der Waals surface area contributed by atoms with Gasteiger partial charge in [-0.2, -0.15) is 0 Å². The third kappa shape index (κ3) is 2.82. The average Bonchev–Trinajstić information content (AvgIpc) is 2.80. The van der Waals surface area contributed by atoms with Gasteiger partial charge in [-0.25, -0.2) is 0 Å². The average molecular weight is 248 g/mol. The normalized spacial score (nSPS) is 18.1. The predicted octanol–water partition coefficient (Wildman–Crippen LogP) is 1.09. The molecule has 0 saturated heterocycles. The minimum Gasteiger partial charge on any atom is -0.480 e. The standard InChI is InChI=1S/C14H20N2O2/c1-14(2,8-15)9-16-13(17)12-7-10-5-3-4-6-11(10)18-12/h3-6,12H,7-9,15H2,1-2H3,(H,16,17). The molecule has 0 spiro atoms. The largest absolute Gasteiger partial charge is 0.480 e. The molecule has 0 bridgehead atoms. The van der Waals surface area contributed by atoms with E-state index >= 15 is 0 Å². The zero-order valence-corrected chi connectivity index (χ0v) is 10.9. The van der Waals surface area contributed by atoms with Crippen LogP contribution in [0.5, 0.6) is 5.75 Å². The van der Waals surface area contributed by atoms with E-state index in [1.54, 1.807) is 0 Å². The van der Waals surface area contributed by atoms with E-state index in [0.29, 0.717) is 19.5 Å². The van der Waals surface area contributed by atoms with Crippen LogP contribution in [0, 0.1) is 5.41 Å². The number of para-hydroxylation sites is 1. The number of rotatable bonds is 4. The van der Waals surface area contributed by atoms with Gasteiger partial charge in [0.05, 0.1) is 0 Å². The third-order valence-electron chi connectivity index (χ3n) is 3.23. The summed E-state index contributed by atoms with van der Waals surface area (Å²) >= 11 is 0. The fourth-order valence-corrected chi connectivity index (χ4v) is 1.84. The molecule has 0 aromatic heterocycles. The van der Waals surface area contributed by atoms with Crippen LogP contribution in [0.3, 0.4) is 0 Å². The summed E-state index contributed by atoms with van der Waals surface area (Å²) in [5, 5.41) is 2.91. The fraction of sp³-hybridized carbons (Fsp3) is 0.500. The topological polar surface area (TPSA) is 64.3 Å². The van der Waals surface area contributed by atoms with Crippen LogP contribution >= 0.6 is 0 Å². The molecule has 1 aliphatic rings. The van der Waals surface area contributed by atoms with E-state index in [2.05, 4.69) is 5.32 Å². The summed E-state index contributed by atoms with van der Waals surface area (Å²) in [7, 11) is 0. The summed E-state index contributed by atoms with van der Waals surface area (Å²) in [5.41, 5.74) is 6.64. The van der Waals surface area contributed by atoms with E-state index in [9.17, 15) is 4.79 Å². The number of carbonyl (C=O) groups is 1. The van der Waals surface area contributed by atoms with Gasteiger partial charge in [-0.1, -0.05) is 32.0 Å². The number of fused-ring (bicyclic) bond motifs is 1. The monoisotopic (exact) mass is 248 g/mol. The van der Waals surface area contributed by atoms with Crippen LogP contribution in [-0.2, 0) is 11.2 Å². The van der Waals surface area contributed by atoms with Gasteiger partial charge in [-0.3, -0.25) is 4.79 Å². The van der Waals surface area contributed by atoms with Gasteiger partial charge in [0.25, 0.3) is 5.91 Å². The molecule has 1 aliphatic heterocycles. The highest BCUT2D eigenvalue weighted by Gasteiger charge is 2.29. The molecule has 18 heavy (non-hydrogen) atoms. The van der Waals surface area contributed by atoms with Crippen molar-refractivity contribution < 1.29 is 9.53 Å². The lowest BCUT2D eigenvalue weighted by atomic mass is 9.94. The van der Waals surface area contributed by atoms with E-state index in [1.165, 1.54) is 0 Å². The molecule has 1 unspecified atom stereocenters. The number of ether oxygens (including phenoxy) is 1. The predicted molar refractivity (Wildman–Crippen MR) is 70.4 cm³/mol. The summed E-state index contributed by atoms with van der Waals surface area (Å²) in [6.07, 6.45) is 0.237. The van der Waals surface area contributed by atoms with E-state index in [0.717, 1.165) is 11.3 Å². The van der Waals surface area contributed by atoms with Crippen LogP contribution in [0.1, 0.15) is 19.4 Å². The molecule has 0 fully saturated rings. The van der Waals surface area contributed by atoms with Crippen molar-refractivity contribution in [1.29, 1.82) is 0 Å². The molecule has 1 aromatic carbocycles. The molecule has 1 atom stereocenters. The van der Waals surface area contributed by atoms with Gasteiger partial charge >= 0.3 is 0 Å². The summed E-state index contributed by atoms with van der Waals surface area (Å²) in [6, 6.07) is 7.76. The molecular formula is C14H20N2O2. The Labute approximate surface area is 108 Å². The van der Waals surface area contributed by atoms with Crippen LogP contribution in [0.15, 0.2) is 24.3 Å². The van der Waals surface area contributed by atoms with E-state index in [4.69, 9.17) is 10.5 Å². The lowest BCUT2D eigenvalue weighted by Gasteiger charge is -2.23. The molecule has 0 saturated carbocycles. The Kier molecular flexibility index (Phi) is 3.57. The number of hydrogen-bond acceptors (Lipinski definition) is 3. The molecule has 4 heteroatoms. The van der Waals surface area contributed by atoms with E-state index in [1.807, 2.05) is 38.1 Å². The highest BCUT2D eigenvalue weighted by atomic mass is 16.5.